The monoisotopic (exact) mass is 242 g/mol. The lowest BCUT2D eigenvalue weighted by atomic mass is 10.1. The van der Waals surface area contributed by atoms with Crippen LogP contribution in [0.3, 0.4) is 0 Å². The molecule has 94 valence electrons. The number of anilines is 3. The Kier molecular flexibility index (Phi) is 3.42. The van der Waals surface area contributed by atoms with Gasteiger partial charge in [0, 0.05) is 5.69 Å². The van der Waals surface area contributed by atoms with Gasteiger partial charge in [-0.2, -0.15) is 0 Å². The van der Waals surface area contributed by atoms with Gasteiger partial charge in [0.2, 0.25) is 0 Å². The van der Waals surface area contributed by atoms with E-state index >= 15 is 0 Å². The predicted octanol–water partition coefficient (Wildman–Crippen LogP) is 3.64. The number of ether oxygens (including phenoxy) is 1. The predicted molar refractivity (Wildman–Crippen MR) is 76.6 cm³/mol. The second-order valence-electron chi connectivity index (χ2n) is 4.35. The summed E-state index contributed by atoms with van der Waals surface area (Å²) in [5.41, 5.74) is 11.1. The molecule has 2 aromatic carbocycles. The molecule has 0 saturated carbocycles. The molecule has 0 radical (unpaired) electrons. The highest BCUT2D eigenvalue weighted by Crippen LogP contribution is 2.31. The van der Waals surface area contributed by atoms with Gasteiger partial charge < -0.3 is 15.8 Å². The van der Waals surface area contributed by atoms with Crippen molar-refractivity contribution in [1.29, 1.82) is 0 Å². The van der Waals surface area contributed by atoms with E-state index in [9.17, 15) is 0 Å². The first-order valence-electron chi connectivity index (χ1n) is 5.88. The molecule has 0 amide bonds. The zero-order valence-corrected chi connectivity index (χ0v) is 10.9. The van der Waals surface area contributed by atoms with Gasteiger partial charge in [-0.15, -0.1) is 0 Å². The summed E-state index contributed by atoms with van der Waals surface area (Å²) in [7, 11) is 1.62. The molecule has 0 aliphatic heterocycles. The molecular weight excluding hydrogens is 224 g/mol. The largest absolute Gasteiger partial charge is 0.495 e. The fourth-order valence-corrected chi connectivity index (χ4v) is 1.81. The Morgan fingerprint density at radius 3 is 2.50 bits per heavy atom. The van der Waals surface area contributed by atoms with Crippen molar-refractivity contribution < 1.29 is 4.74 Å². The molecule has 0 aromatic heterocycles. The number of nitrogens with one attached hydrogen (secondary N) is 1. The Bertz CT molecular complexity index is 564. The van der Waals surface area contributed by atoms with E-state index in [1.165, 1.54) is 11.1 Å². The number of hydrogen-bond acceptors (Lipinski definition) is 3. The normalized spacial score (nSPS) is 10.2. The van der Waals surface area contributed by atoms with Crippen LogP contribution in [0.25, 0.3) is 0 Å². The fourth-order valence-electron chi connectivity index (χ4n) is 1.81. The summed E-state index contributed by atoms with van der Waals surface area (Å²) >= 11 is 0. The number of hydrogen-bond donors (Lipinski definition) is 2. The van der Waals surface area contributed by atoms with E-state index in [-0.39, 0.29) is 0 Å². The Morgan fingerprint density at radius 1 is 1.06 bits per heavy atom. The minimum atomic E-state index is 0.623. The highest BCUT2D eigenvalue weighted by atomic mass is 16.5. The molecule has 0 fully saturated rings. The van der Waals surface area contributed by atoms with Crippen LogP contribution in [-0.4, -0.2) is 7.11 Å². The molecule has 0 bridgehead atoms. The van der Waals surface area contributed by atoms with Gasteiger partial charge in [-0.1, -0.05) is 12.1 Å². The molecule has 0 aliphatic rings. The molecule has 0 heterocycles. The minimum Gasteiger partial charge on any atom is -0.495 e. The lowest BCUT2D eigenvalue weighted by Crippen LogP contribution is -1.99. The van der Waals surface area contributed by atoms with Gasteiger partial charge >= 0.3 is 0 Å². The van der Waals surface area contributed by atoms with Crippen LogP contribution in [-0.2, 0) is 0 Å². The maximum atomic E-state index is 6.02. The second-order valence-corrected chi connectivity index (χ2v) is 4.35. The van der Waals surface area contributed by atoms with Crippen LogP contribution in [0.5, 0.6) is 5.75 Å². The highest BCUT2D eigenvalue weighted by molar-refractivity contribution is 5.77. The molecule has 2 rings (SSSR count). The molecule has 3 N–H and O–H groups in total. The number of aryl methyl sites for hydroxylation is 2. The first kappa shape index (κ1) is 12.3. The number of methoxy groups -OCH3 is 1. The van der Waals surface area contributed by atoms with Gasteiger partial charge in [0.25, 0.3) is 0 Å². The number of benzene rings is 2. The molecule has 0 saturated heterocycles. The van der Waals surface area contributed by atoms with Gasteiger partial charge in [0.1, 0.15) is 5.75 Å². The summed E-state index contributed by atoms with van der Waals surface area (Å²) in [5, 5.41) is 3.31. The van der Waals surface area contributed by atoms with Crippen molar-refractivity contribution in [2.24, 2.45) is 0 Å². The van der Waals surface area contributed by atoms with Crippen LogP contribution >= 0.6 is 0 Å². The number of rotatable bonds is 3. The topological polar surface area (TPSA) is 47.3 Å². The average molecular weight is 242 g/mol. The third-order valence-corrected chi connectivity index (χ3v) is 3.07. The van der Waals surface area contributed by atoms with Crippen LogP contribution in [0, 0.1) is 13.8 Å². The second kappa shape index (κ2) is 5.00. The van der Waals surface area contributed by atoms with E-state index < -0.39 is 0 Å². The molecule has 18 heavy (non-hydrogen) atoms. The Morgan fingerprint density at radius 2 is 1.83 bits per heavy atom. The van der Waals surface area contributed by atoms with Crippen LogP contribution in [0.2, 0.25) is 0 Å². The number of nitrogens with two attached hydrogens (primary N) is 1. The first-order valence-corrected chi connectivity index (χ1v) is 5.88. The van der Waals surface area contributed by atoms with Gasteiger partial charge in [0.15, 0.2) is 0 Å². The van der Waals surface area contributed by atoms with Crippen LogP contribution in [0.1, 0.15) is 11.1 Å². The lowest BCUT2D eigenvalue weighted by molar-refractivity contribution is 0.417. The van der Waals surface area contributed by atoms with Crippen molar-refractivity contribution in [3.8, 4) is 5.75 Å². The summed E-state index contributed by atoms with van der Waals surface area (Å²) in [4.78, 5) is 0. The molecule has 0 atom stereocenters. The van der Waals surface area contributed by atoms with Crippen LogP contribution < -0.4 is 15.8 Å². The van der Waals surface area contributed by atoms with Gasteiger partial charge in [-0.25, -0.2) is 0 Å². The Labute approximate surface area is 108 Å². The zero-order valence-electron chi connectivity index (χ0n) is 10.9. The molecule has 2 aromatic rings. The van der Waals surface area contributed by atoms with Crippen molar-refractivity contribution in [3.05, 3.63) is 47.5 Å². The Hall–Kier alpha value is -2.16. The maximum absolute atomic E-state index is 6.02. The van der Waals surface area contributed by atoms with Crippen molar-refractivity contribution in [1.82, 2.24) is 0 Å². The number of para-hydroxylation sites is 1. The van der Waals surface area contributed by atoms with Gasteiger partial charge in [-0.05, 0) is 49.2 Å². The molecule has 0 aliphatic carbocycles. The summed E-state index contributed by atoms with van der Waals surface area (Å²) in [6, 6.07) is 11.9. The summed E-state index contributed by atoms with van der Waals surface area (Å²) in [5.74, 6) is 0.684. The van der Waals surface area contributed by atoms with Crippen LogP contribution in [0.4, 0.5) is 17.1 Å². The SMILES string of the molecule is COc1cccc(Nc2ccc(C)c(C)c2)c1N. The van der Waals surface area contributed by atoms with E-state index in [4.69, 9.17) is 10.5 Å². The summed E-state index contributed by atoms with van der Waals surface area (Å²) < 4.78 is 5.20. The van der Waals surface area contributed by atoms with Crippen molar-refractivity contribution in [3.63, 3.8) is 0 Å². The highest BCUT2D eigenvalue weighted by Gasteiger charge is 2.05. The van der Waals surface area contributed by atoms with E-state index in [1.807, 2.05) is 24.3 Å². The van der Waals surface area contributed by atoms with E-state index in [0.717, 1.165) is 11.4 Å². The van der Waals surface area contributed by atoms with Crippen molar-refractivity contribution in [2.45, 2.75) is 13.8 Å². The molecule has 0 unspecified atom stereocenters. The van der Waals surface area contributed by atoms with Gasteiger partial charge in [-0.3, -0.25) is 0 Å². The van der Waals surface area contributed by atoms with E-state index in [0.29, 0.717) is 11.4 Å². The maximum Gasteiger partial charge on any atom is 0.143 e. The molecule has 0 spiro atoms. The van der Waals surface area contributed by atoms with E-state index in [2.05, 4.69) is 31.3 Å². The quantitative estimate of drug-likeness (QED) is 0.808. The third-order valence-electron chi connectivity index (χ3n) is 3.07. The molecule has 3 heteroatoms. The first-order chi connectivity index (χ1) is 8.61. The summed E-state index contributed by atoms with van der Waals surface area (Å²) in [6.45, 7) is 4.19. The molecule has 3 nitrogen and oxygen atoms in total. The van der Waals surface area contributed by atoms with Crippen LogP contribution in [0.15, 0.2) is 36.4 Å². The smallest absolute Gasteiger partial charge is 0.143 e. The third kappa shape index (κ3) is 2.40. The molecular formula is C15H18N2O. The van der Waals surface area contributed by atoms with Crippen molar-refractivity contribution in [2.75, 3.05) is 18.2 Å². The average Bonchev–Trinajstić information content (AvgIpc) is 2.36. The van der Waals surface area contributed by atoms with Gasteiger partial charge in [0.05, 0.1) is 18.5 Å². The Balaban J connectivity index is 2.31. The number of nitrogen functional groups attached to an aromatic ring is 1. The zero-order chi connectivity index (χ0) is 13.1. The fraction of sp³-hybridized carbons (Fsp3) is 0.200. The lowest BCUT2D eigenvalue weighted by Gasteiger charge is -2.13. The summed E-state index contributed by atoms with van der Waals surface area (Å²) in [6.07, 6.45) is 0. The van der Waals surface area contributed by atoms with Crippen molar-refractivity contribution >= 4 is 17.1 Å². The minimum absolute atomic E-state index is 0.623. The van der Waals surface area contributed by atoms with E-state index in [1.54, 1.807) is 7.11 Å². The standard InChI is InChI=1S/C15H18N2O/c1-10-7-8-12(9-11(10)2)17-13-5-4-6-14(18-3)15(13)16/h4-9,17H,16H2,1-3H3.